The van der Waals surface area contributed by atoms with Crippen LogP contribution in [0.25, 0.3) is 0 Å². The predicted octanol–water partition coefficient (Wildman–Crippen LogP) is 2.95. The van der Waals surface area contributed by atoms with Gasteiger partial charge < -0.3 is 4.74 Å². The third-order valence-electron chi connectivity index (χ3n) is 1.17. The molecule has 1 aromatic carbocycles. The molecular formula is C8H6BrF3MgO. The lowest BCUT2D eigenvalue weighted by molar-refractivity contribution is 0.241. The molecular weight excluding hydrogens is 273 g/mol. The molecule has 0 radical (unpaired) electrons. The number of benzene rings is 1. The molecule has 74 valence electrons. The van der Waals surface area contributed by atoms with Crippen molar-refractivity contribution >= 4 is 39.0 Å². The molecule has 0 saturated carbocycles. The number of rotatable bonds is 2. The number of ether oxygens (including phenoxy) is 1. The Morgan fingerprint density at radius 2 is 1.57 bits per heavy atom. The molecule has 1 rings (SSSR count). The summed E-state index contributed by atoms with van der Waals surface area (Å²) in [5.41, 5.74) is 0. The van der Waals surface area contributed by atoms with Gasteiger partial charge in [0.1, 0.15) is 5.75 Å². The lowest BCUT2D eigenvalue weighted by Gasteiger charge is -2.00. The van der Waals surface area contributed by atoms with E-state index in [0.717, 1.165) is 4.47 Å². The summed E-state index contributed by atoms with van der Waals surface area (Å²) in [4.78, 5) is 0. The molecule has 14 heavy (non-hydrogen) atoms. The van der Waals surface area contributed by atoms with Crippen LogP contribution >= 0.6 is 15.9 Å². The fourth-order valence-corrected chi connectivity index (χ4v) is 0.909. The molecule has 0 fully saturated rings. The van der Waals surface area contributed by atoms with E-state index in [0.29, 0.717) is 0 Å². The second-order valence-corrected chi connectivity index (χ2v) is 3.01. The van der Waals surface area contributed by atoms with Gasteiger partial charge in [-0.15, -0.1) is 0 Å². The van der Waals surface area contributed by atoms with E-state index in [4.69, 9.17) is 0 Å². The smallest absolute Gasteiger partial charge is 0.344 e. The summed E-state index contributed by atoms with van der Waals surface area (Å²) < 4.78 is 40.3. The molecule has 0 aliphatic carbocycles. The molecule has 0 bridgehead atoms. The maximum atomic E-state index is 12.2. The van der Waals surface area contributed by atoms with Gasteiger partial charge in [0.2, 0.25) is 0 Å². The van der Waals surface area contributed by atoms with Gasteiger partial charge in [0, 0.05) is 4.47 Å². The average Bonchev–Trinajstić information content (AvgIpc) is 2.08. The molecule has 0 spiro atoms. The van der Waals surface area contributed by atoms with Crippen molar-refractivity contribution in [3.8, 4) is 5.75 Å². The van der Waals surface area contributed by atoms with Crippen LogP contribution in [-0.2, 0) is 0 Å². The van der Waals surface area contributed by atoms with Gasteiger partial charge in [0.05, 0.1) is 0 Å². The second kappa shape index (κ2) is 6.31. The highest BCUT2D eigenvalue weighted by Crippen LogP contribution is 2.20. The molecule has 0 amide bonds. The SMILES string of the molecule is FC(F)=C(F)Oc1ccc(Br)cc1.[MgH2]. The number of hydrogen-bond acceptors (Lipinski definition) is 1. The highest BCUT2D eigenvalue weighted by atomic mass is 79.9. The Balaban J connectivity index is 0.00000169. The van der Waals surface area contributed by atoms with Gasteiger partial charge in [-0.3, -0.25) is 0 Å². The molecule has 1 aromatic rings. The van der Waals surface area contributed by atoms with E-state index in [1.807, 2.05) is 0 Å². The van der Waals surface area contributed by atoms with Gasteiger partial charge in [0.15, 0.2) is 0 Å². The van der Waals surface area contributed by atoms with E-state index in [2.05, 4.69) is 20.7 Å². The third kappa shape index (κ3) is 4.34. The van der Waals surface area contributed by atoms with Gasteiger partial charge in [-0.25, -0.2) is 0 Å². The molecule has 6 heteroatoms. The Morgan fingerprint density at radius 1 is 1.07 bits per heavy atom. The van der Waals surface area contributed by atoms with Crippen LogP contribution in [0.5, 0.6) is 5.75 Å². The third-order valence-corrected chi connectivity index (χ3v) is 1.70. The summed E-state index contributed by atoms with van der Waals surface area (Å²) in [7, 11) is 0. The standard InChI is InChI=1S/C8H4BrF3O.Mg.2H/c9-5-1-3-6(4-2-5)13-8(12)7(10)11;;;/h1-4H;;;. The van der Waals surface area contributed by atoms with Gasteiger partial charge in [-0.05, 0) is 24.3 Å². The fraction of sp³-hybridized carbons (Fsp3) is 0. The monoisotopic (exact) mass is 278 g/mol. The normalized spacial score (nSPS) is 8.86. The first-order valence-electron chi connectivity index (χ1n) is 3.24. The molecule has 0 heterocycles. The summed E-state index contributed by atoms with van der Waals surface area (Å²) >= 11 is 3.13. The Bertz CT molecular complexity index is 322. The lowest BCUT2D eigenvalue weighted by Crippen LogP contribution is -1.89. The van der Waals surface area contributed by atoms with Gasteiger partial charge in [0.25, 0.3) is 0 Å². The van der Waals surface area contributed by atoms with Gasteiger partial charge >= 0.3 is 35.1 Å². The molecule has 0 unspecified atom stereocenters. The average molecular weight is 279 g/mol. The summed E-state index contributed by atoms with van der Waals surface area (Å²) in [6, 6.07) is 3.97. The quantitative estimate of drug-likeness (QED) is 0.597. The molecule has 0 saturated heterocycles. The van der Waals surface area contributed by atoms with Crippen LogP contribution < -0.4 is 4.74 Å². The van der Waals surface area contributed by atoms with E-state index in [-0.39, 0.29) is 28.8 Å². The predicted molar refractivity (Wildman–Crippen MR) is 53.7 cm³/mol. The Morgan fingerprint density at radius 3 is 2.00 bits per heavy atom. The maximum Gasteiger partial charge on any atom is 0.344 e. The van der Waals surface area contributed by atoms with Gasteiger partial charge in [-0.2, -0.15) is 13.2 Å². The van der Waals surface area contributed by atoms with Crippen LogP contribution in [0.1, 0.15) is 0 Å². The summed E-state index contributed by atoms with van der Waals surface area (Å²) in [6.07, 6.45) is -2.47. The first kappa shape index (κ1) is 13.8. The second-order valence-electron chi connectivity index (χ2n) is 2.09. The lowest BCUT2D eigenvalue weighted by atomic mass is 10.3. The minimum atomic E-state index is -2.47. The van der Waals surface area contributed by atoms with E-state index in [9.17, 15) is 13.2 Å². The molecule has 1 nitrogen and oxygen atoms in total. The molecule has 0 aliphatic rings. The number of halogens is 4. The van der Waals surface area contributed by atoms with E-state index >= 15 is 0 Å². The van der Waals surface area contributed by atoms with Crippen molar-refractivity contribution in [2.24, 2.45) is 0 Å². The minimum Gasteiger partial charge on any atom is -0.428 e. The highest BCUT2D eigenvalue weighted by molar-refractivity contribution is 9.10. The fourth-order valence-electron chi connectivity index (χ4n) is 0.645. The molecule has 0 atom stereocenters. The summed E-state index contributed by atoms with van der Waals surface area (Å²) in [6.45, 7) is 0. The van der Waals surface area contributed by atoms with Gasteiger partial charge in [-0.1, -0.05) is 15.9 Å². The number of hydrogen-bond donors (Lipinski definition) is 0. The van der Waals surface area contributed by atoms with Crippen LogP contribution in [0.3, 0.4) is 0 Å². The van der Waals surface area contributed by atoms with E-state index < -0.39 is 12.1 Å². The summed E-state index contributed by atoms with van der Waals surface area (Å²) in [5, 5.41) is 0. The van der Waals surface area contributed by atoms with Crippen LogP contribution in [0, 0.1) is 0 Å². The van der Waals surface area contributed by atoms with E-state index in [1.165, 1.54) is 12.1 Å². The van der Waals surface area contributed by atoms with Crippen molar-refractivity contribution in [1.82, 2.24) is 0 Å². The maximum absolute atomic E-state index is 12.2. The van der Waals surface area contributed by atoms with Crippen molar-refractivity contribution in [3.05, 3.63) is 40.8 Å². The highest BCUT2D eigenvalue weighted by Gasteiger charge is 2.06. The Hall–Kier alpha value is -0.204. The van der Waals surface area contributed by atoms with Crippen molar-refractivity contribution in [1.29, 1.82) is 0 Å². The van der Waals surface area contributed by atoms with Crippen molar-refractivity contribution in [2.45, 2.75) is 0 Å². The molecule has 0 N–H and O–H groups in total. The van der Waals surface area contributed by atoms with Crippen molar-refractivity contribution < 1.29 is 17.9 Å². The first-order valence-corrected chi connectivity index (χ1v) is 4.03. The topological polar surface area (TPSA) is 9.23 Å². The molecule has 0 aromatic heterocycles. The largest absolute Gasteiger partial charge is 0.428 e. The Kier molecular flexibility index (Phi) is 6.22. The van der Waals surface area contributed by atoms with Crippen molar-refractivity contribution in [2.75, 3.05) is 0 Å². The summed E-state index contributed by atoms with van der Waals surface area (Å²) in [5.74, 6) is 0.0218. The minimum absolute atomic E-state index is 0. The first-order chi connectivity index (χ1) is 6.09. The van der Waals surface area contributed by atoms with Crippen LogP contribution in [0.15, 0.2) is 40.8 Å². The zero-order valence-corrected chi connectivity index (χ0v) is 7.82. The van der Waals surface area contributed by atoms with Crippen LogP contribution in [0.4, 0.5) is 13.2 Å². The Labute approximate surface area is 103 Å². The van der Waals surface area contributed by atoms with Crippen LogP contribution in [-0.4, -0.2) is 23.1 Å². The van der Waals surface area contributed by atoms with E-state index in [1.54, 1.807) is 12.1 Å². The van der Waals surface area contributed by atoms with Crippen molar-refractivity contribution in [3.63, 3.8) is 0 Å². The zero-order chi connectivity index (χ0) is 9.84. The zero-order valence-electron chi connectivity index (χ0n) is 6.23. The molecule has 0 aliphatic heterocycles. The van der Waals surface area contributed by atoms with Crippen LogP contribution in [0.2, 0.25) is 0 Å².